The molecule has 0 amide bonds. The van der Waals surface area contributed by atoms with E-state index >= 15 is 0 Å². The molecule has 1 aliphatic rings. The van der Waals surface area contributed by atoms with E-state index in [4.69, 9.17) is 5.11 Å². The highest BCUT2D eigenvalue weighted by Gasteiger charge is 2.21. The number of nitrogens with one attached hydrogen (secondary N) is 1. The van der Waals surface area contributed by atoms with Gasteiger partial charge in [0.15, 0.2) is 0 Å². The molecule has 9 heavy (non-hydrogen) atoms. The van der Waals surface area contributed by atoms with Gasteiger partial charge in [0, 0.05) is 0 Å². The molecule has 0 unspecified atom stereocenters. The maximum atomic E-state index is 10.1. The minimum Gasteiger partial charge on any atom is -0.480 e. The van der Waals surface area contributed by atoms with Gasteiger partial charge >= 0.3 is 5.97 Å². The predicted octanol–water partition coefficient (Wildman–Crippen LogP) is -0.838. The number of hydrogen-bond acceptors (Lipinski definition) is 2. The molecule has 0 aromatic heterocycles. The summed E-state index contributed by atoms with van der Waals surface area (Å²) >= 11 is 0. The summed E-state index contributed by atoms with van der Waals surface area (Å²) in [7, 11) is 0. The van der Waals surface area contributed by atoms with E-state index in [1.54, 1.807) is 0 Å². The van der Waals surface area contributed by atoms with Crippen LogP contribution in [0.2, 0.25) is 0 Å². The molecule has 1 heterocycles. The molecule has 1 fully saturated rings. The maximum Gasteiger partial charge on any atom is 0.326 e. The fraction of sp³-hybridized carbons (Fsp3) is 0.600. The van der Waals surface area contributed by atoms with E-state index in [1.807, 2.05) is 0 Å². The van der Waals surface area contributed by atoms with Crippen LogP contribution in [0.3, 0.4) is 0 Å². The van der Waals surface area contributed by atoms with E-state index in [0.29, 0.717) is 12.5 Å². The third-order valence-corrected chi connectivity index (χ3v) is 1.20. The Labute approximate surface area is 53.2 Å². The molecule has 53 valence electrons. The van der Waals surface area contributed by atoms with Crippen LogP contribution in [0.4, 0.5) is 0 Å². The topological polar surface area (TPSA) is 80.8 Å². The number of carboxylic acids is 1. The number of carbonyl (C=O) groups is 1. The Kier molecular flexibility index (Phi) is 3.19. The third-order valence-electron chi connectivity index (χ3n) is 1.20. The summed E-state index contributed by atoms with van der Waals surface area (Å²) in [6.45, 7) is 0.821. The smallest absolute Gasteiger partial charge is 0.326 e. The Hall–Kier alpha value is -0.610. The van der Waals surface area contributed by atoms with Crippen LogP contribution in [0.25, 0.3) is 0 Å². The zero-order chi connectivity index (χ0) is 5.98. The summed E-state index contributed by atoms with van der Waals surface area (Å²) in [5.41, 5.74) is 0. The number of rotatable bonds is 1. The minimum absolute atomic E-state index is 0. The summed E-state index contributed by atoms with van der Waals surface area (Å²) in [5, 5.41) is 11.1. The predicted molar refractivity (Wildman–Crippen MR) is 31.7 cm³/mol. The molecule has 1 radical (unpaired) electrons. The summed E-state index contributed by atoms with van der Waals surface area (Å²) in [6, 6.07) is 0.463. The van der Waals surface area contributed by atoms with Crippen LogP contribution in [-0.2, 0) is 4.79 Å². The van der Waals surface area contributed by atoms with Gasteiger partial charge in [0.1, 0.15) is 6.04 Å². The Morgan fingerprint density at radius 3 is 2.56 bits per heavy atom. The highest BCUT2D eigenvalue weighted by atomic mass is 16.4. The molecule has 0 spiro atoms. The van der Waals surface area contributed by atoms with Crippen molar-refractivity contribution in [3.05, 3.63) is 6.04 Å². The molecule has 4 nitrogen and oxygen atoms in total. The maximum absolute atomic E-state index is 10.1. The van der Waals surface area contributed by atoms with E-state index in [1.165, 1.54) is 0 Å². The van der Waals surface area contributed by atoms with Gasteiger partial charge in [-0.15, -0.1) is 0 Å². The summed E-state index contributed by atoms with van der Waals surface area (Å²) in [6.07, 6.45) is 1.66. The zero-order valence-electron chi connectivity index (χ0n) is 4.98. The fourth-order valence-electron chi connectivity index (χ4n) is 0.775. The van der Waals surface area contributed by atoms with Gasteiger partial charge in [-0.3, -0.25) is 10.1 Å². The van der Waals surface area contributed by atoms with E-state index < -0.39 is 5.97 Å². The molecule has 0 aromatic carbocycles. The standard InChI is InChI=1S/C5H8NO2.H2O/c7-5(8)4-2-1-3-6-4;/h6H,1-3H2,(H,7,8);1H2. The Morgan fingerprint density at radius 2 is 2.33 bits per heavy atom. The number of aliphatic carboxylic acids is 1. The molecule has 0 aliphatic carbocycles. The normalized spacial score (nSPS) is 19.1. The molecule has 0 aromatic rings. The summed E-state index contributed by atoms with van der Waals surface area (Å²) < 4.78 is 0. The van der Waals surface area contributed by atoms with Gasteiger partial charge in [0.05, 0.1) is 0 Å². The average molecular weight is 132 g/mol. The van der Waals surface area contributed by atoms with Crippen molar-refractivity contribution in [2.45, 2.75) is 12.8 Å². The Morgan fingerprint density at radius 1 is 1.67 bits per heavy atom. The van der Waals surface area contributed by atoms with Crippen molar-refractivity contribution in [1.29, 1.82) is 0 Å². The van der Waals surface area contributed by atoms with Crippen LogP contribution >= 0.6 is 0 Å². The van der Waals surface area contributed by atoms with Crippen molar-refractivity contribution in [3.8, 4) is 0 Å². The van der Waals surface area contributed by atoms with Gasteiger partial charge in [-0.1, -0.05) is 0 Å². The lowest BCUT2D eigenvalue weighted by Crippen LogP contribution is -2.21. The molecule has 1 rings (SSSR count). The van der Waals surface area contributed by atoms with Crippen LogP contribution in [0.5, 0.6) is 0 Å². The van der Waals surface area contributed by atoms with Gasteiger partial charge in [-0.25, -0.2) is 0 Å². The van der Waals surface area contributed by atoms with Crippen LogP contribution in [0.15, 0.2) is 0 Å². The second-order valence-corrected chi connectivity index (χ2v) is 1.81. The zero-order valence-corrected chi connectivity index (χ0v) is 4.98. The minimum atomic E-state index is -0.803. The molecule has 1 saturated heterocycles. The number of hydrogen-bond donors (Lipinski definition) is 2. The lowest BCUT2D eigenvalue weighted by Gasteiger charge is -1.97. The van der Waals surface area contributed by atoms with Gasteiger partial charge in [-0.05, 0) is 19.4 Å². The molecule has 0 bridgehead atoms. The molecule has 4 heteroatoms. The van der Waals surface area contributed by atoms with E-state index in [-0.39, 0.29) is 5.48 Å². The molecular weight excluding hydrogens is 122 g/mol. The lowest BCUT2D eigenvalue weighted by atomic mass is 10.2. The van der Waals surface area contributed by atoms with Crippen LogP contribution in [0, 0.1) is 6.04 Å². The molecule has 1 aliphatic heterocycles. The van der Waals surface area contributed by atoms with E-state index in [9.17, 15) is 4.79 Å². The van der Waals surface area contributed by atoms with Crippen LogP contribution in [0.1, 0.15) is 12.8 Å². The van der Waals surface area contributed by atoms with E-state index in [2.05, 4.69) is 5.32 Å². The van der Waals surface area contributed by atoms with Crippen LogP contribution < -0.4 is 5.32 Å². The quantitative estimate of drug-likeness (QED) is 0.488. The van der Waals surface area contributed by atoms with Crippen molar-refractivity contribution in [3.63, 3.8) is 0 Å². The monoisotopic (exact) mass is 132 g/mol. The van der Waals surface area contributed by atoms with Gasteiger partial charge in [0.25, 0.3) is 0 Å². The lowest BCUT2D eigenvalue weighted by molar-refractivity contribution is -0.135. The molecule has 0 saturated carbocycles. The van der Waals surface area contributed by atoms with Gasteiger partial charge < -0.3 is 10.6 Å². The first-order valence-corrected chi connectivity index (χ1v) is 2.63. The second-order valence-electron chi connectivity index (χ2n) is 1.81. The van der Waals surface area contributed by atoms with E-state index in [0.717, 1.165) is 13.0 Å². The summed E-state index contributed by atoms with van der Waals surface area (Å²) in [5.74, 6) is -0.803. The van der Waals surface area contributed by atoms with Crippen LogP contribution in [-0.4, -0.2) is 23.1 Å². The first-order valence-electron chi connectivity index (χ1n) is 2.63. The van der Waals surface area contributed by atoms with Crippen molar-refractivity contribution in [2.24, 2.45) is 0 Å². The average Bonchev–Trinajstić information content (AvgIpc) is 2.12. The largest absolute Gasteiger partial charge is 0.480 e. The first kappa shape index (κ1) is 8.39. The second kappa shape index (κ2) is 3.42. The molecule has 4 N–H and O–H groups in total. The SMILES string of the molecule is O.O=C(O)[C]1CCCN1. The molecule has 0 atom stereocenters. The van der Waals surface area contributed by atoms with Gasteiger partial charge in [-0.2, -0.15) is 0 Å². The first-order chi connectivity index (χ1) is 3.80. The summed E-state index contributed by atoms with van der Waals surface area (Å²) in [4.78, 5) is 10.1. The van der Waals surface area contributed by atoms with Crippen molar-refractivity contribution in [2.75, 3.05) is 6.54 Å². The molecular formula is C5H10NO3. The highest BCUT2D eigenvalue weighted by molar-refractivity contribution is 5.82. The Bertz CT molecular complexity index is 98.4. The highest BCUT2D eigenvalue weighted by Crippen LogP contribution is 2.11. The van der Waals surface area contributed by atoms with Crippen molar-refractivity contribution in [1.82, 2.24) is 5.32 Å². The number of carboxylic acid groups (broad SMARTS) is 1. The third kappa shape index (κ3) is 1.99. The van der Waals surface area contributed by atoms with Crippen molar-refractivity contribution < 1.29 is 15.4 Å². The van der Waals surface area contributed by atoms with Crippen molar-refractivity contribution >= 4 is 5.97 Å². The van der Waals surface area contributed by atoms with Gasteiger partial charge in [0.2, 0.25) is 0 Å². The Balaban J connectivity index is 0.000000640. The fourth-order valence-corrected chi connectivity index (χ4v) is 0.775.